The molecule has 0 amide bonds. The number of aromatic nitrogens is 3. The smallest absolute Gasteiger partial charge is 0.321 e. The predicted octanol–water partition coefficient (Wildman–Crippen LogP) is 4.23. The molecule has 0 unspecified atom stereocenters. The van der Waals surface area contributed by atoms with Gasteiger partial charge in [-0.3, -0.25) is 0 Å². The lowest BCUT2D eigenvalue weighted by atomic mass is 9.90. The molecule has 10 nitrogen and oxygen atoms in total. The second kappa shape index (κ2) is 10.2. The molecule has 1 aliphatic heterocycles. The number of fused-ring (bicyclic) bond motifs is 1. The Bertz CT molecular complexity index is 1640. The minimum atomic E-state index is -3.97. The molecule has 0 atom stereocenters. The first-order valence-electron chi connectivity index (χ1n) is 12.5. The van der Waals surface area contributed by atoms with Crippen molar-refractivity contribution in [3.8, 4) is 5.75 Å². The molecule has 1 fully saturated rings. The summed E-state index contributed by atoms with van der Waals surface area (Å²) >= 11 is 0. The fourth-order valence-electron chi connectivity index (χ4n) is 4.84. The van der Waals surface area contributed by atoms with Gasteiger partial charge in [0.05, 0.1) is 17.2 Å². The average molecular weight is 559 g/mol. The largest absolute Gasteiger partial charge is 0.491 e. The molecule has 1 aromatic carbocycles. The van der Waals surface area contributed by atoms with Crippen molar-refractivity contribution >= 4 is 30.9 Å². The molecule has 38 heavy (non-hydrogen) atoms. The van der Waals surface area contributed by atoms with E-state index in [1.54, 1.807) is 30.3 Å². The van der Waals surface area contributed by atoms with Crippen LogP contribution in [0.15, 0.2) is 74.6 Å². The fourth-order valence-corrected chi connectivity index (χ4v) is 7.33. The molecular formula is C26H30N4O6S2. The molecule has 1 aliphatic rings. The van der Waals surface area contributed by atoms with Gasteiger partial charge in [0.2, 0.25) is 10.0 Å². The minimum absolute atomic E-state index is 0.00865. The van der Waals surface area contributed by atoms with Crippen molar-refractivity contribution in [1.29, 1.82) is 0 Å². The van der Waals surface area contributed by atoms with E-state index in [0.717, 1.165) is 10.9 Å². The summed E-state index contributed by atoms with van der Waals surface area (Å²) in [6.45, 7) is 7.19. The highest BCUT2D eigenvalue weighted by atomic mass is 32.2. The number of piperidine rings is 1. The monoisotopic (exact) mass is 558 g/mol. The Morgan fingerprint density at radius 1 is 1.05 bits per heavy atom. The molecule has 0 spiro atoms. The van der Waals surface area contributed by atoms with Crippen LogP contribution in [0.4, 0.5) is 0 Å². The third-order valence-corrected chi connectivity index (χ3v) is 10.1. The highest BCUT2D eigenvalue weighted by Crippen LogP contribution is 2.36. The molecule has 4 heterocycles. The molecule has 0 radical (unpaired) electrons. The van der Waals surface area contributed by atoms with Gasteiger partial charge in [0, 0.05) is 31.2 Å². The van der Waals surface area contributed by atoms with Gasteiger partial charge in [-0.25, -0.2) is 26.8 Å². The van der Waals surface area contributed by atoms with E-state index >= 15 is 0 Å². The lowest BCUT2D eigenvalue weighted by Crippen LogP contribution is -2.37. The highest BCUT2D eigenvalue weighted by molar-refractivity contribution is 7.91. The zero-order valence-corrected chi connectivity index (χ0v) is 23.1. The molecule has 0 N–H and O–H groups in total. The molecule has 5 rings (SSSR count). The van der Waals surface area contributed by atoms with Crippen molar-refractivity contribution in [2.45, 2.75) is 67.3 Å². The molecule has 0 bridgehead atoms. The van der Waals surface area contributed by atoms with Crippen molar-refractivity contribution in [2.24, 2.45) is 0 Å². The lowest BCUT2D eigenvalue weighted by molar-refractivity contribution is 0.242. The standard InChI is InChI=1S/C26H30N4O6S2/c1-4-29-17-23(22-9-10-24(28-25(22)29)37(31,32)26-27-13-16-35-26)19-11-14-30(15-12-19)38(33,34)21-7-5-20(6-8-21)36-18(2)3/h5-10,13,16-19H,4,11-12,14-15H2,1-3H3. The molecule has 0 aliphatic carbocycles. The summed E-state index contributed by atoms with van der Waals surface area (Å²) in [4.78, 5) is 8.48. The fraction of sp³-hybridized carbons (Fsp3) is 0.385. The quantitative estimate of drug-likeness (QED) is 0.315. The molecular weight excluding hydrogens is 528 g/mol. The molecule has 12 heteroatoms. The van der Waals surface area contributed by atoms with Gasteiger partial charge in [0.25, 0.3) is 9.84 Å². The number of nitrogens with zero attached hydrogens (tertiary/aromatic N) is 4. The number of sulfone groups is 1. The van der Waals surface area contributed by atoms with E-state index in [2.05, 4.69) is 9.97 Å². The Labute approximate surface area is 222 Å². The summed E-state index contributed by atoms with van der Waals surface area (Å²) in [6, 6.07) is 9.78. The van der Waals surface area contributed by atoms with Crippen LogP contribution in [-0.4, -0.2) is 54.9 Å². The van der Waals surface area contributed by atoms with Gasteiger partial charge >= 0.3 is 5.22 Å². The van der Waals surface area contributed by atoms with Gasteiger partial charge in [-0.05, 0) is 81.5 Å². The maximum atomic E-state index is 13.3. The number of aryl methyl sites for hydroxylation is 1. The number of hydrogen-bond acceptors (Lipinski definition) is 8. The van der Waals surface area contributed by atoms with Gasteiger partial charge < -0.3 is 13.7 Å². The van der Waals surface area contributed by atoms with Crippen LogP contribution >= 0.6 is 0 Å². The van der Waals surface area contributed by atoms with Crippen LogP contribution in [0.25, 0.3) is 11.0 Å². The zero-order valence-electron chi connectivity index (χ0n) is 21.4. The van der Waals surface area contributed by atoms with E-state index in [1.165, 1.54) is 22.8 Å². The van der Waals surface area contributed by atoms with Crippen LogP contribution in [0.2, 0.25) is 0 Å². The molecule has 1 saturated heterocycles. The van der Waals surface area contributed by atoms with Crippen LogP contribution in [0.5, 0.6) is 5.75 Å². The van der Waals surface area contributed by atoms with E-state index in [-0.39, 0.29) is 21.9 Å². The van der Waals surface area contributed by atoms with Gasteiger partial charge in [-0.1, -0.05) is 0 Å². The Morgan fingerprint density at radius 2 is 1.76 bits per heavy atom. The van der Waals surface area contributed by atoms with Gasteiger partial charge in [-0.2, -0.15) is 4.31 Å². The third-order valence-electron chi connectivity index (χ3n) is 6.71. The summed E-state index contributed by atoms with van der Waals surface area (Å²) in [5, 5.41) is 0.340. The number of benzene rings is 1. The van der Waals surface area contributed by atoms with Crippen molar-refractivity contribution in [3.05, 3.63) is 60.6 Å². The van der Waals surface area contributed by atoms with Crippen molar-refractivity contribution < 1.29 is 26.0 Å². The SMILES string of the molecule is CCn1cc(C2CCN(S(=O)(=O)c3ccc(OC(C)C)cc3)CC2)c2ccc(S(=O)(=O)c3ncco3)nc21. The minimum Gasteiger partial charge on any atom is -0.491 e. The van der Waals surface area contributed by atoms with Gasteiger partial charge in [0.15, 0.2) is 5.03 Å². The second-order valence-corrected chi connectivity index (χ2v) is 13.2. The summed E-state index contributed by atoms with van der Waals surface area (Å²) in [5.74, 6) is 0.754. The van der Waals surface area contributed by atoms with Crippen molar-refractivity contribution in [3.63, 3.8) is 0 Å². The van der Waals surface area contributed by atoms with Gasteiger partial charge in [-0.15, -0.1) is 0 Å². The number of hydrogen-bond donors (Lipinski definition) is 0. The molecule has 0 saturated carbocycles. The normalized spacial score (nSPS) is 15.9. The topological polar surface area (TPSA) is 125 Å². The zero-order chi connectivity index (χ0) is 27.1. The lowest BCUT2D eigenvalue weighted by Gasteiger charge is -2.31. The van der Waals surface area contributed by atoms with E-state index < -0.39 is 25.1 Å². The van der Waals surface area contributed by atoms with Crippen LogP contribution in [0, 0.1) is 0 Å². The highest BCUT2D eigenvalue weighted by Gasteiger charge is 2.32. The Morgan fingerprint density at radius 3 is 2.37 bits per heavy atom. The van der Waals surface area contributed by atoms with E-state index in [4.69, 9.17) is 9.15 Å². The summed E-state index contributed by atoms with van der Waals surface area (Å²) in [7, 11) is -7.59. The maximum absolute atomic E-state index is 13.3. The number of ether oxygens (including phenoxy) is 1. The first kappa shape index (κ1) is 26.4. The van der Waals surface area contributed by atoms with E-state index in [9.17, 15) is 16.8 Å². The number of pyridine rings is 1. The number of rotatable bonds is 8. The Hall–Kier alpha value is -3.22. The van der Waals surface area contributed by atoms with Crippen LogP contribution in [0.1, 0.15) is 45.1 Å². The van der Waals surface area contributed by atoms with Crippen LogP contribution in [-0.2, 0) is 26.4 Å². The van der Waals surface area contributed by atoms with Gasteiger partial charge in [0.1, 0.15) is 17.7 Å². The summed E-state index contributed by atoms with van der Waals surface area (Å²) in [5.41, 5.74) is 1.61. The number of sulfonamides is 1. The molecule has 4 aromatic rings. The maximum Gasteiger partial charge on any atom is 0.321 e. The Balaban J connectivity index is 1.36. The number of oxazole rings is 1. The first-order chi connectivity index (χ1) is 18.1. The molecule has 202 valence electrons. The Kier molecular flexibility index (Phi) is 7.05. The predicted molar refractivity (Wildman–Crippen MR) is 140 cm³/mol. The van der Waals surface area contributed by atoms with Crippen molar-refractivity contribution in [2.75, 3.05) is 13.1 Å². The van der Waals surface area contributed by atoms with E-state index in [1.807, 2.05) is 31.5 Å². The first-order valence-corrected chi connectivity index (χ1v) is 15.4. The van der Waals surface area contributed by atoms with Crippen molar-refractivity contribution in [1.82, 2.24) is 18.8 Å². The van der Waals surface area contributed by atoms with Crippen LogP contribution < -0.4 is 4.74 Å². The second-order valence-electron chi connectivity index (χ2n) is 9.51. The molecule has 3 aromatic heterocycles. The van der Waals surface area contributed by atoms with Crippen LogP contribution in [0.3, 0.4) is 0 Å². The summed E-state index contributed by atoms with van der Waals surface area (Å²) in [6.07, 6.45) is 5.79. The summed E-state index contributed by atoms with van der Waals surface area (Å²) < 4.78 is 66.3. The van der Waals surface area contributed by atoms with E-state index in [0.29, 0.717) is 43.9 Å². The average Bonchev–Trinajstić information content (AvgIpc) is 3.57. The third kappa shape index (κ3) is 4.83.